The SMILES string of the molecule is COC1=C(OC)C2CC1C1C3CCC(C3)C21c1ccccc1. The number of methoxy groups -OCH3 is 2. The maximum absolute atomic E-state index is 5.87. The summed E-state index contributed by atoms with van der Waals surface area (Å²) < 4.78 is 11.7. The van der Waals surface area contributed by atoms with Crippen LogP contribution in [0.1, 0.15) is 31.2 Å². The summed E-state index contributed by atoms with van der Waals surface area (Å²) >= 11 is 0. The van der Waals surface area contributed by atoms with Crippen LogP contribution < -0.4 is 0 Å². The van der Waals surface area contributed by atoms with Gasteiger partial charge >= 0.3 is 0 Å². The maximum Gasteiger partial charge on any atom is 0.137 e. The zero-order chi connectivity index (χ0) is 14.9. The summed E-state index contributed by atoms with van der Waals surface area (Å²) in [6.45, 7) is 0. The van der Waals surface area contributed by atoms with E-state index < -0.39 is 0 Å². The molecule has 4 aliphatic carbocycles. The molecule has 0 heterocycles. The quantitative estimate of drug-likeness (QED) is 0.781. The number of benzene rings is 1. The molecule has 3 fully saturated rings. The maximum atomic E-state index is 5.87. The van der Waals surface area contributed by atoms with Crippen LogP contribution in [0.5, 0.6) is 0 Å². The van der Waals surface area contributed by atoms with E-state index in [0.717, 1.165) is 29.3 Å². The normalized spacial score (nSPS) is 44.5. The fourth-order valence-electron chi connectivity index (χ4n) is 7.01. The molecule has 4 bridgehead atoms. The Balaban J connectivity index is 1.73. The molecule has 1 aromatic carbocycles. The molecule has 0 radical (unpaired) electrons. The van der Waals surface area contributed by atoms with Gasteiger partial charge in [-0.1, -0.05) is 30.3 Å². The van der Waals surface area contributed by atoms with Crippen molar-refractivity contribution in [2.75, 3.05) is 14.2 Å². The third-order valence-corrected chi connectivity index (χ3v) is 7.32. The van der Waals surface area contributed by atoms with E-state index >= 15 is 0 Å². The number of allylic oxidation sites excluding steroid dienone is 2. The molecule has 2 nitrogen and oxygen atoms in total. The van der Waals surface area contributed by atoms with Crippen molar-refractivity contribution in [3.63, 3.8) is 0 Å². The first-order chi connectivity index (χ1) is 10.8. The second-order valence-electron chi connectivity index (χ2n) is 7.63. The fourth-order valence-corrected chi connectivity index (χ4v) is 7.01. The molecule has 1 aromatic rings. The van der Waals surface area contributed by atoms with E-state index in [1.54, 1.807) is 5.56 Å². The largest absolute Gasteiger partial charge is 0.497 e. The molecule has 6 unspecified atom stereocenters. The Morgan fingerprint density at radius 1 is 0.955 bits per heavy atom. The molecule has 0 N–H and O–H groups in total. The summed E-state index contributed by atoms with van der Waals surface area (Å²) in [5.41, 5.74) is 1.88. The Hall–Kier alpha value is -1.44. The number of fused-ring (bicyclic) bond motifs is 9. The van der Waals surface area contributed by atoms with Gasteiger partial charge in [-0.15, -0.1) is 0 Å². The van der Waals surface area contributed by atoms with Gasteiger partial charge in [-0.3, -0.25) is 0 Å². The predicted molar refractivity (Wildman–Crippen MR) is 85.1 cm³/mol. The molecule has 3 saturated carbocycles. The molecule has 0 aromatic heterocycles. The molecule has 0 amide bonds. The van der Waals surface area contributed by atoms with Gasteiger partial charge in [0.25, 0.3) is 0 Å². The molecule has 0 aliphatic heterocycles. The Kier molecular flexibility index (Phi) is 2.55. The lowest BCUT2D eigenvalue weighted by Gasteiger charge is -2.48. The minimum Gasteiger partial charge on any atom is -0.497 e. The van der Waals surface area contributed by atoms with Crippen LogP contribution in [0, 0.1) is 29.6 Å². The van der Waals surface area contributed by atoms with Crippen LogP contribution in [0.4, 0.5) is 0 Å². The summed E-state index contributed by atoms with van der Waals surface area (Å²) in [4.78, 5) is 0. The fraction of sp³-hybridized carbons (Fsp3) is 0.600. The zero-order valence-corrected chi connectivity index (χ0v) is 13.4. The minimum absolute atomic E-state index is 0.322. The lowest BCUT2D eigenvalue weighted by atomic mass is 9.57. The Labute approximate surface area is 132 Å². The van der Waals surface area contributed by atoms with E-state index in [2.05, 4.69) is 30.3 Å². The molecule has 0 spiro atoms. The van der Waals surface area contributed by atoms with E-state index in [0.29, 0.717) is 17.3 Å². The Bertz CT molecular complexity index is 634. The molecular formula is C20H24O2. The van der Waals surface area contributed by atoms with E-state index in [4.69, 9.17) is 9.47 Å². The third kappa shape index (κ3) is 1.25. The summed E-state index contributed by atoms with van der Waals surface area (Å²) in [7, 11) is 3.66. The minimum atomic E-state index is 0.322. The molecule has 116 valence electrons. The van der Waals surface area contributed by atoms with Gasteiger partial charge in [-0.05, 0) is 49.0 Å². The lowest BCUT2D eigenvalue weighted by molar-refractivity contribution is 0.0717. The standard InChI is InChI=1S/C20H24O2/c1-21-18-15-11-16(19(18)22-2)20(13-6-4-3-5-7-13)14-9-8-12(10-14)17(15)20/h3-7,12,14-17H,8-11H2,1-2H3. The summed E-state index contributed by atoms with van der Waals surface area (Å²) in [5, 5.41) is 0. The van der Waals surface area contributed by atoms with E-state index in [1.807, 2.05) is 14.2 Å². The van der Waals surface area contributed by atoms with Gasteiger partial charge in [0.1, 0.15) is 11.5 Å². The van der Waals surface area contributed by atoms with Gasteiger partial charge in [0.05, 0.1) is 14.2 Å². The van der Waals surface area contributed by atoms with Gasteiger partial charge in [-0.25, -0.2) is 0 Å². The highest BCUT2D eigenvalue weighted by atomic mass is 16.5. The topological polar surface area (TPSA) is 18.5 Å². The number of hydrogen-bond donors (Lipinski definition) is 0. The second kappa shape index (κ2) is 4.31. The molecule has 22 heavy (non-hydrogen) atoms. The predicted octanol–water partition coefficient (Wildman–Crippen LogP) is 4.12. The van der Waals surface area contributed by atoms with E-state index in [9.17, 15) is 0 Å². The van der Waals surface area contributed by atoms with Crippen molar-refractivity contribution in [2.45, 2.75) is 31.1 Å². The summed E-state index contributed by atoms with van der Waals surface area (Å²) in [6.07, 6.45) is 5.48. The van der Waals surface area contributed by atoms with Crippen LogP contribution in [0.25, 0.3) is 0 Å². The summed E-state index contributed by atoms with van der Waals surface area (Å²) in [5.74, 6) is 5.93. The van der Waals surface area contributed by atoms with Gasteiger partial charge in [0.2, 0.25) is 0 Å². The van der Waals surface area contributed by atoms with Gasteiger partial charge in [-0.2, -0.15) is 0 Å². The lowest BCUT2D eigenvalue weighted by Crippen LogP contribution is -2.46. The first kappa shape index (κ1) is 13.0. The van der Waals surface area contributed by atoms with Crippen LogP contribution in [0.3, 0.4) is 0 Å². The van der Waals surface area contributed by atoms with Crippen LogP contribution in [0.15, 0.2) is 41.9 Å². The van der Waals surface area contributed by atoms with Crippen LogP contribution in [0.2, 0.25) is 0 Å². The highest BCUT2D eigenvalue weighted by molar-refractivity contribution is 5.44. The van der Waals surface area contributed by atoms with Crippen molar-refractivity contribution in [3.05, 3.63) is 47.4 Å². The number of hydrogen-bond acceptors (Lipinski definition) is 2. The van der Waals surface area contributed by atoms with Gasteiger partial charge < -0.3 is 9.47 Å². The number of ether oxygens (including phenoxy) is 2. The van der Waals surface area contributed by atoms with E-state index in [1.165, 1.54) is 25.7 Å². The average Bonchev–Trinajstić information content (AvgIpc) is 3.31. The first-order valence-corrected chi connectivity index (χ1v) is 8.69. The third-order valence-electron chi connectivity index (χ3n) is 7.32. The van der Waals surface area contributed by atoms with Crippen molar-refractivity contribution >= 4 is 0 Å². The molecule has 6 atom stereocenters. The van der Waals surface area contributed by atoms with E-state index in [-0.39, 0.29) is 0 Å². The molecule has 2 heteroatoms. The average molecular weight is 296 g/mol. The molecule has 5 rings (SSSR count). The first-order valence-electron chi connectivity index (χ1n) is 8.69. The Morgan fingerprint density at radius 3 is 2.45 bits per heavy atom. The highest BCUT2D eigenvalue weighted by Gasteiger charge is 2.72. The van der Waals surface area contributed by atoms with Gasteiger partial charge in [0, 0.05) is 17.3 Å². The van der Waals surface area contributed by atoms with Crippen molar-refractivity contribution in [1.82, 2.24) is 0 Å². The van der Waals surface area contributed by atoms with Gasteiger partial charge in [0.15, 0.2) is 0 Å². The van der Waals surface area contributed by atoms with Crippen molar-refractivity contribution < 1.29 is 9.47 Å². The van der Waals surface area contributed by atoms with Crippen molar-refractivity contribution in [2.24, 2.45) is 29.6 Å². The van der Waals surface area contributed by atoms with Crippen LogP contribution in [-0.2, 0) is 14.9 Å². The van der Waals surface area contributed by atoms with Crippen LogP contribution in [-0.4, -0.2) is 14.2 Å². The summed E-state index contributed by atoms with van der Waals surface area (Å²) in [6, 6.07) is 11.3. The highest BCUT2D eigenvalue weighted by Crippen LogP contribution is 2.75. The van der Waals surface area contributed by atoms with Crippen LogP contribution >= 0.6 is 0 Å². The smallest absolute Gasteiger partial charge is 0.137 e. The molecule has 0 saturated heterocycles. The molecule has 4 aliphatic rings. The second-order valence-corrected chi connectivity index (χ2v) is 7.63. The zero-order valence-electron chi connectivity index (χ0n) is 13.4. The van der Waals surface area contributed by atoms with Crippen molar-refractivity contribution in [3.8, 4) is 0 Å². The molecular weight excluding hydrogens is 272 g/mol. The van der Waals surface area contributed by atoms with Crippen molar-refractivity contribution in [1.29, 1.82) is 0 Å². The number of rotatable bonds is 3. The Morgan fingerprint density at radius 2 is 1.73 bits per heavy atom. The monoisotopic (exact) mass is 296 g/mol.